The smallest absolute Gasteiger partial charge is 0.331 e. The Morgan fingerprint density at radius 2 is 1.95 bits per heavy atom. The monoisotopic (exact) mass is 621 g/mol. The van der Waals surface area contributed by atoms with E-state index in [-0.39, 0.29) is 41.0 Å². The van der Waals surface area contributed by atoms with Crippen LogP contribution in [0, 0.1) is 28.6 Å². The predicted octanol–water partition coefficient (Wildman–Crippen LogP) is 2.05. The lowest BCUT2D eigenvalue weighted by Crippen LogP contribution is -2.69. The molecule has 12 atom stereocenters. The van der Waals surface area contributed by atoms with Crippen LogP contribution in [0.25, 0.3) is 0 Å². The van der Waals surface area contributed by atoms with Crippen molar-refractivity contribution in [2.24, 2.45) is 39.4 Å². The maximum Gasteiger partial charge on any atom is 0.331 e. The summed E-state index contributed by atoms with van der Waals surface area (Å²) in [5, 5.41) is 40.1. The Bertz CT molecular complexity index is 1190. The Morgan fingerprint density at radius 3 is 2.65 bits per heavy atom. The number of carbonyl (C=O) groups is 1. The summed E-state index contributed by atoms with van der Waals surface area (Å²) in [4.78, 5) is 11.9. The van der Waals surface area contributed by atoms with E-state index in [1.54, 1.807) is 13.2 Å². The number of hydrogen-bond donors (Lipinski definition) is 5. The van der Waals surface area contributed by atoms with E-state index in [1.807, 2.05) is 13.1 Å². The molecule has 6 N–H and O–H groups in total. The summed E-state index contributed by atoms with van der Waals surface area (Å²) < 4.78 is 23.1. The molecule has 11 nitrogen and oxygen atoms in total. The van der Waals surface area contributed by atoms with Gasteiger partial charge in [0, 0.05) is 43.1 Å². The first-order valence-electron chi connectivity index (χ1n) is 15.8. The number of esters is 1. The lowest BCUT2D eigenvalue weighted by Gasteiger charge is -2.66. The molecule has 0 aromatic carbocycles. The van der Waals surface area contributed by atoms with Crippen molar-refractivity contribution in [3.8, 4) is 0 Å². The highest BCUT2D eigenvalue weighted by Gasteiger charge is 2.71. The molecule has 240 valence electrons. The fourth-order valence-corrected chi connectivity index (χ4v) is 10.3. The molecule has 0 bridgehead atoms. The molecule has 0 aromatic rings. The minimum atomic E-state index is -1.13. The quantitative estimate of drug-likeness (QED) is 0.0969. The average Bonchev–Trinajstić information content (AvgIpc) is 3.50. The number of hydrazone groups is 1. The molecule has 5 fully saturated rings. The van der Waals surface area contributed by atoms with E-state index in [9.17, 15) is 20.1 Å². The number of ether oxygens (including phenoxy) is 4. The van der Waals surface area contributed by atoms with Crippen molar-refractivity contribution < 1.29 is 39.1 Å². The molecule has 2 aliphatic heterocycles. The highest BCUT2D eigenvalue weighted by atomic mass is 32.1. The number of nitrogens with zero attached hydrogens (tertiary/aromatic N) is 1. The molecule has 1 saturated heterocycles. The van der Waals surface area contributed by atoms with Gasteiger partial charge in [-0.25, -0.2) is 4.79 Å². The number of carbonyl (C=O) groups excluding carboxylic acids is 1. The van der Waals surface area contributed by atoms with Gasteiger partial charge in [0.25, 0.3) is 0 Å². The first-order valence-corrected chi connectivity index (χ1v) is 16.2. The number of methoxy groups -OCH3 is 1. The zero-order valence-electron chi connectivity index (χ0n) is 25.4. The number of hydrogen-bond acceptors (Lipinski definition) is 10. The van der Waals surface area contributed by atoms with Crippen LogP contribution in [-0.4, -0.2) is 88.2 Å². The van der Waals surface area contributed by atoms with Gasteiger partial charge < -0.3 is 40.0 Å². The topological polar surface area (TPSA) is 165 Å². The molecular weight excluding hydrogens is 574 g/mol. The van der Waals surface area contributed by atoms with Crippen LogP contribution in [0.2, 0.25) is 0 Å². The molecule has 6 aliphatic rings. The first-order chi connectivity index (χ1) is 20.4. The number of cyclic esters (lactones) is 1. The van der Waals surface area contributed by atoms with Crippen molar-refractivity contribution >= 4 is 29.5 Å². The van der Waals surface area contributed by atoms with Gasteiger partial charge in [0.1, 0.15) is 12.7 Å². The largest absolute Gasteiger partial charge is 0.458 e. The molecule has 6 rings (SSSR count). The van der Waals surface area contributed by atoms with E-state index in [2.05, 4.69) is 17.5 Å². The van der Waals surface area contributed by atoms with Gasteiger partial charge in [-0.2, -0.15) is 5.10 Å². The number of aliphatic hydroxyl groups excluding tert-OH is 1. The summed E-state index contributed by atoms with van der Waals surface area (Å²) in [6, 6.07) is 0. The number of rotatable bonds is 6. The molecule has 12 heteroatoms. The van der Waals surface area contributed by atoms with E-state index in [0.717, 1.165) is 24.8 Å². The van der Waals surface area contributed by atoms with E-state index in [4.69, 9.17) is 36.9 Å². The zero-order chi connectivity index (χ0) is 30.8. The molecule has 43 heavy (non-hydrogen) atoms. The van der Waals surface area contributed by atoms with Crippen LogP contribution >= 0.6 is 12.2 Å². The fourth-order valence-electron chi connectivity index (χ4n) is 10.2. The van der Waals surface area contributed by atoms with Crippen LogP contribution in [-0.2, 0) is 23.7 Å². The Labute approximate surface area is 258 Å². The molecule has 0 spiro atoms. The SMILES string of the molecule is COC1CC(OC2CC[C@]3(/C=N/NC(N)=S)[C@H]4CC[C@]5(C)[C@H](C6=CC(=O)OC6)CCC5(O)C4CCC3(O)C2)OC(C)C1O. The van der Waals surface area contributed by atoms with Crippen LogP contribution < -0.4 is 11.2 Å². The van der Waals surface area contributed by atoms with Gasteiger partial charge in [-0.15, -0.1) is 0 Å². The third kappa shape index (κ3) is 4.96. The Hall–Kier alpha value is -1.67. The minimum absolute atomic E-state index is 0.0182. The van der Waals surface area contributed by atoms with E-state index >= 15 is 0 Å². The van der Waals surface area contributed by atoms with Gasteiger partial charge in [0.05, 0.1) is 29.5 Å². The summed E-state index contributed by atoms with van der Waals surface area (Å²) in [6.07, 6.45) is 7.39. The number of nitrogens with two attached hydrogens (primary N) is 1. The van der Waals surface area contributed by atoms with Gasteiger partial charge in [-0.3, -0.25) is 5.43 Å². The fraction of sp³-hybridized carbons (Fsp3) is 0.839. The number of nitrogens with one attached hydrogen (secondary N) is 1. The van der Waals surface area contributed by atoms with Crippen molar-refractivity contribution in [3.05, 3.63) is 11.6 Å². The number of thiocarbonyl (C=S) groups is 1. The number of fused-ring (bicyclic) bond motifs is 5. The van der Waals surface area contributed by atoms with Crippen molar-refractivity contribution in [1.29, 1.82) is 0 Å². The molecule has 2 heterocycles. The maximum atomic E-state index is 12.6. The van der Waals surface area contributed by atoms with Crippen molar-refractivity contribution in [2.75, 3.05) is 13.7 Å². The van der Waals surface area contributed by atoms with Crippen molar-refractivity contribution in [3.63, 3.8) is 0 Å². The second-order valence-electron chi connectivity index (χ2n) is 14.1. The maximum absolute atomic E-state index is 12.6. The van der Waals surface area contributed by atoms with E-state index in [0.29, 0.717) is 51.6 Å². The summed E-state index contributed by atoms with van der Waals surface area (Å²) in [5.41, 5.74) is 6.21. The van der Waals surface area contributed by atoms with Crippen LogP contribution in [0.3, 0.4) is 0 Å². The highest BCUT2D eigenvalue weighted by Crippen LogP contribution is 2.70. The van der Waals surface area contributed by atoms with Gasteiger partial charge in [-0.05, 0) is 93.8 Å². The third-order valence-electron chi connectivity index (χ3n) is 12.4. The molecule has 8 unspecified atom stereocenters. The molecule has 4 saturated carbocycles. The lowest BCUT2D eigenvalue weighted by molar-refractivity contribution is -0.284. The van der Waals surface area contributed by atoms with E-state index in [1.165, 1.54) is 0 Å². The van der Waals surface area contributed by atoms with Gasteiger partial charge in [-0.1, -0.05) is 6.92 Å². The summed E-state index contributed by atoms with van der Waals surface area (Å²) >= 11 is 5.01. The van der Waals surface area contributed by atoms with Crippen LogP contribution in [0.5, 0.6) is 0 Å². The molecule has 4 aliphatic carbocycles. The zero-order valence-corrected chi connectivity index (χ0v) is 26.2. The second-order valence-corrected chi connectivity index (χ2v) is 14.6. The molecule has 0 amide bonds. The Morgan fingerprint density at radius 1 is 1.19 bits per heavy atom. The molecular formula is C31H47N3O8S. The first kappa shape index (κ1) is 31.3. The van der Waals surface area contributed by atoms with Crippen molar-refractivity contribution in [2.45, 2.75) is 120 Å². The van der Waals surface area contributed by atoms with E-state index < -0.39 is 40.5 Å². The third-order valence-corrected chi connectivity index (χ3v) is 12.5. The normalized spacial score (nSPS) is 49.5. The highest BCUT2D eigenvalue weighted by molar-refractivity contribution is 7.80. The van der Waals surface area contributed by atoms with Crippen LogP contribution in [0.15, 0.2) is 16.8 Å². The van der Waals surface area contributed by atoms with Crippen LogP contribution in [0.1, 0.15) is 78.1 Å². The minimum Gasteiger partial charge on any atom is -0.458 e. The summed E-state index contributed by atoms with van der Waals surface area (Å²) in [6.45, 7) is 4.29. The summed E-state index contributed by atoms with van der Waals surface area (Å²) in [7, 11) is 1.58. The van der Waals surface area contributed by atoms with Crippen LogP contribution in [0.4, 0.5) is 0 Å². The Balaban J connectivity index is 1.27. The molecule has 0 radical (unpaired) electrons. The van der Waals surface area contributed by atoms with Gasteiger partial charge in [0.2, 0.25) is 0 Å². The lowest BCUT2D eigenvalue weighted by atomic mass is 9.41. The van der Waals surface area contributed by atoms with Gasteiger partial charge in [0.15, 0.2) is 11.4 Å². The number of aliphatic hydroxyl groups is 3. The molecule has 0 aromatic heterocycles. The van der Waals surface area contributed by atoms with Gasteiger partial charge >= 0.3 is 5.97 Å². The standard InChI is InChI=1S/C31H47N3O8S/c1-17-26(36)23(39-3)13-25(41-17)42-19-4-9-29(16-33-34-27(32)43)21-5-8-28(2)20(18-12-24(35)40-15-18)7-11-31(28,38)22(21)6-10-30(29,37)14-19/h12,16-17,19-23,25-26,36-38H,4-11,13-15H2,1-3H3,(H3,32,34,43)/b33-16+/t17?,19?,20-,21-,22?,23?,25?,26?,28+,29-,30?,31?/m0/s1. The van der Waals surface area contributed by atoms with Crippen molar-refractivity contribution in [1.82, 2.24) is 5.43 Å². The average molecular weight is 622 g/mol. The Kier molecular flexibility index (Phi) is 8.22. The summed E-state index contributed by atoms with van der Waals surface area (Å²) in [5.74, 6) is -0.277. The predicted molar refractivity (Wildman–Crippen MR) is 161 cm³/mol. The second kappa shape index (κ2) is 11.3.